The summed E-state index contributed by atoms with van der Waals surface area (Å²) in [5.41, 5.74) is 4.64. The van der Waals surface area contributed by atoms with E-state index in [9.17, 15) is 4.79 Å². The lowest BCUT2D eigenvalue weighted by atomic mass is 9.84. The zero-order valence-corrected chi connectivity index (χ0v) is 23.9. The molecule has 204 valence electrons. The average Bonchev–Trinajstić information content (AvgIpc) is 2.95. The molecule has 1 saturated carbocycles. The Morgan fingerprint density at radius 2 is 1.66 bits per heavy atom. The molecule has 0 radical (unpaired) electrons. The molecular formula is C33H46N4O. The van der Waals surface area contributed by atoms with E-state index >= 15 is 0 Å². The van der Waals surface area contributed by atoms with E-state index in [1.54, 1.807) is 0 Å². The highest BCUT2D eigenvalue weighted by Crippen LogP contribution is 2.32. The van der Waals surface area contributed by atoms with Crippen molar-refractivity contribution in [1.82, 2.24) is 20.1 Å². The van der Waals surface area contributed by atoms with Gasteiger partial charge in [-0.05, 0) is 71.4 Å². The Bertz CT molecular complexity index is 1170. The van der Waals surface area contributed by atoms with E-state index in [1.807, 2.05) is 24.3 Å². The number of fused-ring (bicyclic) bond motifs is 1. The summed E-state index contributed by atoms with van der Waals surface area (Å²) in [7, 11) is 2.17. The molecule has 1 heterocycles. The van der Waals surface area contributed by atoms with E-state index in [2.05, 4.69) is 73.3 Å². The number of amides is 1. The monoisotopic (exact) mass is 514 g/mol. The van der Waals surface area contributed by atoms with Crippen molar-refractivity contribution >= 4 is 16.8 Å². The molecule has 1 amide bonds. The third kappa shape index (κ3) is 7.00. The largest absolute Gasteiger partial charge is 0.349 e. The molecule has 0 aliphatic heterocycles. The molecular weight excluding hydrogens is 468 g/mol. The maximum atomic E-state index is 14.1. The van der Waals surface area contributed by atoms with Crippen LogP contribution in [0.25, 0.3) is 22.2 Å². The van der Waals surface area contributed by atoms with Crippen LogP contribution in [0.15, 0.2) is 54.6 Å². The predicted octanol–water partition coefficient (Wildman–Crippen LogP) is 6.76. The highest BCUT2D eigenvalue weighted by atomic mass is 16.1. The number of nitrogens with zero attached hydrogens (tertiary/aromatic N) is 3. The highest BCUT2D eigenvalue weighted by Gasteiger charge is 2.26. The van der Waals surface area contributed by atoms with Gasteiger partial charge in [0.2, 0.25) is 0 Å². The van der Waals surface area contributed by atoms with Crippen LogP contribution in [0, 0.1) is 5.92 Å². The van der Waals surface area contributed by atoms with Gasteiger partial charge in [0.05, 0.1) is 16.8 Å². The number of aromatic nitrogens is 1. The Kier molecular flexibility index (Phi) is 10.3. The first-order valence-corrected chi connectivity index (χ1v) is 14.7. The average molecular weight is 515 g/mol. The number of hydrogen-bond donors (Lipinski definition) is 1. The second kappa shape index (κ2) is 13.9. The highest BCUT2D eigenvalue weighted by molar-refractivity contribution is 6.09. The summed E-state index contributed by atoms with van der Waals surface area (Å²) < 4.78 is 0. The van der Waals surface area contributed by atoms with Crippen LogP contribution in [0.2, 0.25) is 0 Å². The molecule has 0 saturated heterocycles. The van der Waals surface area contributed by atoms with Crippen molar-refractivity contribution in [1.29, 1.82) is 0 Å². The van der Waals surface area contributed by atoms with Gasteiger partial charge >= 0.3 is 0 Å². The third-order valence-corrected chi connectivity index (χ3v) is 8.32. The summed E-state index contributed by atoms with van der Waals surface area (Å²) in [6.07, 6.45) is 7.36. The molecule has 1 fully saturated rings. The number of carbonyl (C=O) groups excluding carboxylic acids is 1. The zero-order chi connectivity index (χ0) is 26.9. The molecule has 5 heteroatoms. The maximum absolute atomic E-state index is 14.1. The van der Waals surface area contributed by atoms with Gasteiger partial charge in [-0.25, -0.2) is 4.98 Å². The smallest absolute Gasteiger partial charge is 0.252 e. The number of hydrogen-bond acceptors (Lipinski definition) is 4. The molecule has 0 bridgehead atoms. The topological polar surface area (TPSA) is 48.5 Å². The standard InChI is InChI=1S/C33H46N4O/c1-5-37(6-2)23-15-22-36(4)24-29-31(33(38)34-25(3)26-16-9-7-10-17-26)28-20-13-14-21-30(28)35-32(29)27-18-11-8-12-19-27/h8,11-14,18-21,25-26H,5-7,9-10,15-17,22-24H2,1-4H3,(H,34,38). The van der Waals surface area contributed by atoms with Crippen LogP contribution < -0.4 is 5.32 Å². The van der Waals surface area contributed by atoms with E-state index in [-0.39, 0.29) is 11.9 Å². The van der Waals surface area contributed by atoms with Crippen LogP contribution in [0.1, 0.15) is 75.2 Å². The van der Waals surface area contributed by atoms with Crippen molar-refractivity contribution in [3.8, 4) is 11.3 Å². The summed E-state index contributed by atoms with van der Waals surface area (Å²) in [5, 5.41) is 4.37. The van der Waals surface area contributed by atoms with Gasteiger partial charge in [-0.2, -0.15) is 0 Å². The molecule has 1 aliphatic carbocycles. The summed E-state index contributed by atoms with van der Waals surface area (Å²) in [5.74, 6) is 0.589. The van der Waals surface area contributed by atoms with Crippen LogP contribution in [-0.4, -0.2) is 60.0 Å². The lowest BCUT2D eigenvalue weighted by molar-refractivity contribution is 0.0919. The molecule has 0 spiro atoms. The van der Waals surface area contributed by atoms with Crippen LogP contribution in [0.4, 0.5) is 0 Å². The summed E-state index contributed by atoms with van der Waals surface area (Å²) in [6.45, 7) is 11.5. The number of rotatable bonds is 12. The molecule has 5 nitrogen and oxygen atoms in total. The first-order valence-electron chi connectivity index (χ1n) is 14.7. The molecule has 1 aromatic heterocycles. The maximum Gasteiger partial charge on any atom is 0.252 e. The fourth-order valence-corrected chi connectivity index (χ4v) is 5.98. The molecule has 1 aliphatic rings. The molecule has 38 heavy (non-hydrogen) atoms. The van der Waals surface area contributed by atoms with Crippen molar-refractivity contribution in [3.63, 3.8) is 0 Å². The molecule has 2 aromatic carbocycles. The second-order valence-corrected chi connectivity index (χ2v) is 11.0. The summed E-state index contributed by atoms with van der Waals surface area (Å²) >= 11 is 0. The normalized spacial score (nSPS) is 15.3. The van der Waals surface area contributed by atoms with E-state index in [4.69, 9.17) is 4.98 Å². The number of para-hydroxylation sites is 1. The summed E-state index contributed by atoms with van der Waals surface area (Å²) in [4.78, 5) is 24.1. The van der Waals surface area contributed by atoms with Gasteiger partial charge < -0.3 is 15.1 Å². The molecule has 1 N–H and O–H groups in total. The molecule has 4 rings (SSSR count). The van der Waals surface area contributed by atoms with Crippen LogP contribution in [0.3, 0.4) is 0 Å². The first-order chi connectivity index (χ1) is 18.5. The van der Waals surface area contributed by atoms with Gasteiger partial charge in [-0.1, -0.05) is 81.6 Å². The predicted molar refractivity (Wildman–Crippen MR) is 159 cm³/mol. The van der Waals surface area contributed by atoms with E-state index in [0.717, 1.165) is 65.9 Å². The van der Waals surface area contributed by atoms with Gasteiger partial charge in [-0.15, -0.1) is 0 Å². The Balaban J connectivity index is 1.70. The fourth-order valence-electron chi connectivity index (χ4n) is 5.98. The lowest BCUT2D eigenvalue weighted by Gasteiger charge is -2.29. The van der Waals surface area contributed by atoms with Crippen LogP contribution in [-0.2, 0) is 6.54 Å². The Labute approximate surface area is 229 Å². The molecule has 1 unspecified atom stereocenters. The van der Waals surface area contributed by atoms with Crippen LogP contribution >= 0.6 is 0 Å². The van der Waals surface area contributed by atoms with Gasteiger partial charge in [0.15, 0.2) is 0 Å². The Hall–Kier alpha value is -2.76. The number of carbonyl (C=O) groups is 1. The van der Waals surface area contributed by atoms with Crippen LogP contribution in [0.5, 0.6) is 0 Å². The molecule has 1 atom stereocenters. The van der Waals surface area contributed by atoms with Gasteiger partial charge in [0, 0.05) is 29.1 Å². The minimum atomic E-state index is 0.0328. The number of nitrogens with one attached hydrogen (secondary N) is 1. The van der Waals surface area contributed by atoms with E-state index in [1.165, 1.54) is 32.1 Å². The van der Waals surface area contributed by atoms with E-state index < -0.39 is 0 Å². The fraction of sp³-hybridized carbons (Fsp3) is 0.515. The SMILES string of the molecule is CCN(CC)CCCN(C)Cc1c(-c2ccccc2)nc2ccccc2c1C(=O)NC(C)C1CCCCC1. The minimum Gasteiger partial charge on any atom is -0.349 e. The Morgan fingerprint density at radius 1 is 0.974 bits per heavy atom. The van der Waals surface area contributed by atoms with Crippen molar-refractivity contribution in [2.45, 2.75) is 71.9 Å². The zero-order valence-electron chi connectivity index (χ0n) is 23.9. The second-order valence-electron chi connectivity index (χ2n) is 11.0. The van der Waals surface area contributed by atoms with E-state index in [0.29, 0.717) is 12.5 Å². The molecule has 3 aromatic rings. The first kappa shape index (κ1) is 28.3. The van der Waals surface area contributed by atoms with Crippen molar-refractivity contribution in [2.75, 3.05) is 33.2 Å². The van der Waals surface area contributed by atoms with Gasteiger partial charge in [0.1, 0.15) is 0 Å². The van der Waals surface area contributed by atoms with Crippen molar-refractivity contribution in [3.05, 3.63) is 65.7 Å². The quantitative estimate of drug-likeness (QED) is 0.290. The van der Waals surface area contributed by atoms with Crippen molar-refractivity contribution in [2.24, 2.45) is 5.92 Å². The minimum absolute atomic E-state index is 0.0328. The Morgan fingerprint density at radius 3 is 2.37 bits per heavy atom. The van der Waals surface area contributed by atoms with Crippen molar-refractivity contribution < 1.29 is 4.79 Å². The van der Waals surface area contributed by atoms with Gasteiger partial charge in [0.25, 0.3) is 5.91 Å². The number of benzene rings is 2. The van der Waals surface area contributed by atoms with Gasteiger partial charge in [-0.3, -0.25) is 4.79 Å². The third-order valence-electron chi connectivity index (χ3n) is 8.32. The summed E-state index contributed by atoms with van der Waals surface area (Å²) in [6, 6.07) is 18.6. The lowest BCUT2D eigenvalue weighted by Crippen LogP contribution is -2.39. The number of pyridine rings is 1.